The van der Waals surface area contributed by atoms with Gasteiger partial charge < -0.3 is 10.1 Å². The number of hydrogen-bond acceptors (Lipinski definition) is 6. The SMILES string of the molecule is COc1cccc(C(CNc2nc(C)nc3sc4c(c23)CCCCC4)N2CCCC2)c1. The van der Waals surface area contributed by atoms with Crippen LogP contribution in [-0.2, 0) is 12.8 Å². The van der Waals surface area contributed by atoms with E-state index in [9.17, 15) is 0 Å². The van der Waals surface area contributed by atoms with Crippen molar-refractivity contribution in [1.82, 2.24) is 14.9 Å². The van der Waals surface area contributed by atoms with Crippen LogP contribution >= 0.6 is 11.3 Å². The number of nitrogens with one attached hydrogen (secondary N) is 1. The molecule has 5 rings (SSSR count). The molecule has 1 unspecified atom stereocenters. The van der Waals surface area contributed by atoms with E-state index >= 15 is 0 Å². The van der Waals surface area contributed by atoms with Crippen LogP contribution in [0.4, 0.5) is 5.82 Å². The highest BCUT2D eigenvalue weighted by atomic mass is 32.1. The summed E-state index contributed by atoms with van der Waals surface area (Å²) in [6, 6.07) is 8.84. The van der Waals surface area contributed by atoms with Crippen molar-refractivity contribution in [3.05, 3.63) is 46.1 Å². The number of anilines is 1. The van der Waals surface area contributed by atoms with Gasteiger partial charge in [0.1, 0.15) is 22.2 Å². The minimum Gasteiger partial charge on any atom is -0.497 e. The van der Waals surface area contributed by atoms with E-state index in [4.69, 9.17) is 14.7 Å². The molecule has 6 heteroatoms. The molecule has 164 valence electrons. The maximum atomic E-state index is 5.51. The Hall–Kier alpha value is -2.18. The first-order valence-corrected chi connectivity index (χ1v) is 12.5. The third kappa shape index (κ3) is 4.28. The number of likely N-dealkylation sites (tertiary alicyclic amines) is 1. The smallest absolute Gasteiger partial charge is 0.138 e. The average Bonchev–Trinajstić information content (AvgIpc) is 3.36. The highest BCUT2D eigenvalue weighted by Crippen LogP contribution is 2.38. The average molecular weight is 437 g/mol. The molecular weight excluding hydrogens is 404 g/mol. The number of fused-ring (bicyclic) bond motifs is 3. The first-order valence-electron chi connectivity index (χ1n) is 11.6. The van der Waals surface area contributed by atoms with E-state index < -0.39 is 0 Å². The normalized spacial score (nSPS) is 18.0. The first kappa shape index (κ1) is 20.7. The van der Waals surface area contributed by atoms with E-state index in [1.54, 1.807) is 7.11 Å². The number of aromatic nitrogens is 2. The summed E-state index contributed by atoms with van der Waals surface area (Å²) in [7, 11) is 1.74. The number of aryl methyl sites for hydroxylation is 3. The Kier molecular flexibility index (Phi) is 6.10. The molecule has 31 heavy (non-hydrogen) atoms. The van der Waals surface area contributed by atoms with E-state index in [2.05, 4.69) is 28.4 Å². The second-order valence-corrected chi connectivity index (χ2v) is 9.86. The first-order chi connectivity index (χ1) is 15.2. The van der Waals surface area contributed by atoms with Crippen molar-refractivity contribution < 1.29 is 4.74 Å². The molecule has 1 atom stereocenters. The molecule has 0 spiro atoms. The topological polar surface area (TPSA) is 50.3 Å². The fourth-order valence-electron chi connectivity index (χ4n) is 5.12. The molecule has 3 heterocycles. The van der Waals surface area contributed by atoms with Crippen LogP contribution in [-0.4, -0.2) is 41.6 Å². The number of ether oxygens (including phenoxy) is 1. The van der Waals surface area contributed by atoms with Crippen molar-refractivity contribution >= 4 is 27.4 Å². The van der Waals surface area contributed by atoms with Gasteiger partial charge in [-0.05, 0) is 81.8 Å². The molecule has 2 aromatic heterocycles. The molecule has 0 radical (unpaired) electrons. The zero-order valence-electron chi connectivity index (χ0n) is 18.6. The van der Waals surface area contributed by atoms with Crippen molar-refractivity contribution in [3.63, 3.8) is 0 Å². The zero-order valence-corrected chi connectivity index (χ0v) is 19.4. The molecule has 1 saturated heterocycles. The van der Waals surface area contributed by atoms with Gasteiger partial charge in [0.2, 0.25) is 0 Å². The van der Waals surface area contributed by atoms with E-state index in [-0.39, 0.29) is 0 Å². The molecule has 0 bridgehead atoms. The lowest BCUT2D eigenvalue weighted by Gasteiger charge is -2.29. The number of nitrogens with zero attached hydrogens (tertiary/aromatic N) is 3. The minimum absolute atomic E-state index is 0.306. The summed E-state index contributed by atoms with van der Waals surface area (Å²) in [5.74, 6) is 2.80. The number of methoxy groups -OCH3 is 1. The van der Waals surface area contributed by atoms with Crippen molar-refractivity contribution in [2.24, 2.45) is 0 Å². The molecule has 5 nitrogen and oxygen atoms in total. The Morgan fingerprint density at radius 3 is 2.77 bits per heavy atom. The van der Waals surface area contributed by atoms with Crippen LogP contribution in [0.5, 0.6) is 5.75 Å². The third-order valence-electron chi connectivity index (χ3n) is 6.70. The zero-order chi connectivity index (χ0) is 21.2. The molecular formula is C25H32N4OS. The van der Waals surface area contributed by atoms with E-state index in [0.29, 0.717) is 6.04 Å². The quantitative estimate of drug-likeness (QED) is 0.515. The molecule has 2 aliphatic rings. The lowest BCUT2D eigenvalue weighted by Crippen LogP contribution is -2.31. The second-order valence-electron chi connectivity index (χ2n) is 8.78. The Labute approximate surface area is 188 Å². The maximum absolute atomic E-state index is 5.51. The predicted octanol–water partition coefficient (Wildman–Crippen LogP) is 5.53. The van der Waals surface area contributed by atoms with Gasteiger partial charge in [0, 0.05) is 11.4 Å². The number of hydrogen-bond donors (Lipinski definition) is 1. The molecule has 1 fully saturated rings. The number of rotatable bonds is 6. The van der Waals surface area contributed by atoms with Crippen molar-refractivity contribution in [3.8, 4) is 5.75 Å². The Morgan fingerprint density at radius 1 is 1.10 bits per heavy atom. The summed E-state index contributed by atoms with van der Waals surface area (Å²) in [5.41, 5.74) is 2.80. The van der Waals surface area contributed by atoms with Gasteiger partial charge >= 0.3 is 0 Å². The van der Waals surface area contributed by atoms with Crippen molar-refractivity contribution in [1.29, 1.82) is 0 Å². The molecule has 0 saturated carbocycles. The largest absolute Gasteiger partial charge is 0.497 e. The van der Waals surface area contributed by atoms with Crippen LogP contribution in [0.3, 0.4) is 0 Å². The van der Waals surface area contributed by atoms with Gasteiger partial charge in [-0.3, -0.25) is 4.90 Å². The summed E-state index contributed by atoms with van der Waals surface area (Å²) in [5, 5.41) is 5.05. The molecule has 0 amide bonds. The van der Waals surface area contributed by atoms with Crippen LogP contribution in [0.15, 0.2) is 24.3 Å². The van der Waals surface area contributed by atoms with Crippen LogP contribution in [0.1, 0.15) is 60.0 Å². The van der Waals surface area contributed by atoms with Gasteiger partial charge in [0.05, 0.1) is 18.5 Å². The lowest BCUT2D eigenvalue weighted by atomic mass is 10.0. The van der Waals surface area contributed by atoms with Crippen LogP contribution in [0.2, 0.25) is 0 Å². The lowest BCUT2D eigenvalue weighted by molar-refractivity contribution is 0.255. The third-order valence-corrected chi connectivity index (χ3v) is 7.89. The number of benzene rings is 1. The van der Waals surface area contributed by atoms with E-state index in [1.807, 2.05) is 24.3 Å². The van der Waals surface area contributed by atoms with E-state index in [1.165, 1.54) is 59.9 Å². The monoisotopic (exact) mass is 436 g/mol. The summed E-state index contributed by atoms with van der Waals surface area (Å²) in [6.07, 6.45) is 8.78. The Morgan fingerprint density at radius 2 is 1.94 bits per heavy atom. The molecule has 3 aromatic rings. The standard InChI is InChI=1S/C25H32N4OS/c1-17-27-24(23-20-11-4-3-5-12-22(20)31-25(23)28-17)26-16-21(29-13-6-7-14-29)18-9-8-10-19(15-18)30-2/h8-10,15,21H,3-7,11-14,16H2,1-2H3,(H,26,27,28). The fourth-order valence-corrected chi connectivity index (χ4v) is 6.43. The molecule has 1 N–H and O–H groups in total. The fraction of sp³-hybridized carbons (Fsp3) is 0.520. The predicted molar refractivity (Wildman–Crippen MR) is 128 cm³/mol. The van der Waals surface area contributed by atoms with Gasteiger partial charge in [0.15, 0.2) is 0 Å². The highest BCUT2D eigenvalue weighted by molar-refractivity contribution is 7.19. The second kappa shape index (κ2) is 9.13. The Bertz CT molecular complexity index is 1060. The van der Waals surface area contributed by atoms with Gasteiger partial charge in [-0.1, -0.05) is 18.6 Å². The summed E-state index contributed by atoms with van der Waals surface area (Å²) < 4.78 is 5.51. The van der Waals surface area contributed by atoms with Crippen molar-refractivity contribution in [2.45, 2.75) is 57.9 Å². The minimum atomic E-state index is 0.306. The van der Waals surface area contributed by atoms with Crippen LogP contribution in [0, 0.1) is 6.92 Å². The maximum Gasteiger partial charge on any atom is 0.138 e. The van der Waals surface area contributed by atoms with Gasteiger partial charge in [-0.2, -0.15) is 0 Å². The summed E-state index contributed by atoms with van der Waals surface area (Å²) >= 11 is 1.88. The summed E-state index contributed by atoms with van der Waals surface area (Å²) in [4.78, 5) is 15.0. The van der Waals surface area contributed by atoms with Crippen molar-refractivity contribution in [2.75, 3.05) is 32.1 Å². The van der Waals surface area contributed by atoms with Gasteiger partial charge in [0.25, 0.3) is 0 Å². The summed E-state index contributed by atoms with van der Waals surface area (Å²) in [6.45, 7) is 5.14. The van der Waals surface area contributed by atoms with E-state index in [0.717, 1.165) is 48.3 Å². The van der Waals surface area contributed by atoms with Gasteiger partial charge in [-0.15, -0.1) is 11.3 Å². The number of thiophene rings is 1. The highest BCUT2D eigenvalue weighted by Gasteiger charge is 2.25. The van der Waals surface area contributed by atoms with Crippen LogP contribution < -0.4 is 10.1 Å². The molecule has 1 aliphatic heterocycles. The van der Waals surface area contributed by atoms with Gasteiger partial charge in [-0.25, -0.2) is 9.97 Å². The molecule has 1 aliphatic carbocycles. The van der Waals surface area contributed by atoms with Crippen LogP contribution in [0.25, 0.3) is 10.2 Å². The molecule has 1 aromatic carbocycles. The Balaban J connectivity index is 1.48.